The van der Waals surface area contributed by atoms with Crippen molar-refractivity contribution in [2.45, 2.75) is 6.54 Å². The van der Waals surface area contributed by atoms with E-state index in [1.165, 1.54) is 6.07 Å². The summed E-state index contributed by atoms with van der Waals surface area (Å²) < 4.78 is 13.4. The molecule has 0 saturated heterocycles. The van der Waals surface area contributed by atoms with Gasteiger partial charge >= 0.3 is 0 Å². The highest BCUT2D eigenvalue weighted by molar-refractivity contribution is 7.08. The highest BCUT2D eigenvalue weighted by Crippen LogP contribution is 2.24. The van der Waals surface area contributed by atoms with Crippen molar-refractivity contribution >= 4 is 11.3 Å². The van der Waals surface area contributed by atoms with Crippen LogP contribution >= 0.6 is 11.3 Å². The molecular formula is C12H12FNS. The maximum absolute atomic E-state index is 13.4. The Bertz CT molecular complexity index is 437. The van der Waals surface area contributed by atoms with Crippen LogP contribution in [0.4, 0.5) is 4.39 Å². The fraction of sp³-hybridized carbons (Fsp3) is 0.167. The molecule has 0 atom stereocenters. The minimum atomic E-state index is -0.150. The van der Waals surface area contributed by atoms with E-state index in [0.29, 0.717) is 12.1 Å². The number of benzene rings is 1. The first-order chi connectivity index (χ1) is 7.31. The van der Waals surface area contributed by atoms with Crippen molar-refractivity contribution in [3.8, 4) is 11.1 Å². The van der Waals surface area contributed by atoms with Crippen LogP contribution < -0.4 is 5.32 Å². The van der Waals surface area contributed by atoms with Gasteiger partial charge in [-0.1, -0.05) is 6.07 Å². The lowest BCUT2D eigenvalue weighted by molar-refractivity contribution is 0.601. The third-order valence-corrected chi connectivity index (χ3v) is 2.95. The third kappa shape index (κ3) is 2.25. The standard InChI is InChI=1S/C12H12FNS/c1-14-7-11-6-9(2-3-12(11)13)10-4-5-15-8-10/h2-6,8,14H,7H2,1H3. The van der Waals surface area contributed by atoms with Crippen LogP contribution in [0.1, 0.15) is 5.56 Å². The fourth-order valence-corrected chi connectivity index (χ4v) is 2.17. The smallest absolute Gasteiger partial charge is 0.127 e. The molecule has 0 aliphatic carbocycles. The molecule has 1 N–H and O–H groups in total. The van der Waals surface area contributed by atoms with Gasteiger partial charge in [-0.25, -0.2) is 4.39 Å². The highest BCUT2D eigenvalue weighted by Gasteiger charge is 2.04. The number of rotatable bonds is 3. The number of thiophene rings is 1. The van der Waals surface area contributed by atoms with E-state index in [0.717, 1.165) is 11.1 Å². The minimum Gasteiger partial charge on any atom is -0.316 e. The molecule has 15 heavy (non-hydrogen) atoms. The van der Waals surface area contributed by atoms with Gasteiger partial charge in [-0.3, -0.25) is 0 Å². The Morgan fingerprint density at radius 1 is 1.27 bits per heavy atom. The molecule has 0 fully saturated rings. The summed E-state index contributed by atoms with van der Waals surface area (Å²) in [5.74, 6) is -0.150. The Kier molecular flexibility index (Phi) is 3.14. The molecule has 0 saturated carbocycles. The highest BCUT2D eigenvalue weighted by atomic mass is 32.1. The molecule has 0 amide bonds. The van der Waals surface area contributed by atoms with Gasteiger partial charge in [-0.05, 0) is 47.1 Å². The summed E-state index contributed by atoms with van der Waals surface area (Å²) in [6, 6.07) is 7.28. The van der Waals surface area contributed by atoms with E-state index in [9.17, 15) is 4.39 Å². The molecule has 1 heterocycles. The minimum absolute atomic E-state index is 0.150. The van der Waals surface area contributed by atoms with Gasteiger partial charge in [0.2, 0.25) is 0 Å². The molecule has 3 heteroatoms. The van der Waals surface area contributed by atoms with Crippen molar-refractivity contribution in [2.24, 2.45) is 0 Å². The van der Waals surface area contributed by atoms with E-state index in [4.69, 9.17) is 0 Å². The molecule has 1 nitrogen and oxygen atoms in total. The largest absolute Gasteiger partial charge is 0.316 e. The molecule has 0 radical (unpaired) electrons. The SMILES string of the molecule is CNCc1cc(-c2ccsc2)ccc1F. The van der Waals surface area contributed by atoms with Crippen LogP contribution in [0.25, 0.3) is 11.1 Å². The fourth-order valence-electron chi connectivity index (χ4n) is 1.51. The molecule has 2 rings (SSSR count). The molecule has 0 aliphatic rings. The topological polar surface area (TPSA) is 12.0 Å². The Hall–Kier alpha value is -1.19. The first kappa shape index (κ1) is 10.3. The lowest BCUT2D eigenvalue weighted by atomic mass is 10.1. The maximum atomic E-state index is 13.4. The number of halogens is 1. The van der Waals surface area contributed by atoms with E-state index in [-0.39, 0.29) is 5.82 Å². The van der Waals surface area contributed by atoms with Crippen LogP contribution in [0, 0.1) is 5.82 Å². The van der Waals surface area contributed by atoms with Gasteiger partial charge in [-0.2, -0.15) is 11.3 Å². The van der Waals surface area contributed by atoms with Crippen LogP contribution in [0.3, 0.4) is 0 Å². The van der Waals surface area contributed by atoms with Crippen LogP contribution in [-0.4, -0.2) is 7.05 Å². The monoisotopic (exact) mass is 221 g/mol. The summed E-state index contributed by atoms with van der Waals surface area (Å²) in [5.41, 5.74) is 2.93. The van der Waals surface area contributed by atoms with E-state index in [2.05, 4.69) is 10.7 Å². The average Bonchev–Trinajstić information content (AvgIpc) is 2.75. The average molecular weight is 221 g/mol. The molecule has 0 unspecified atom stereocenters. The lowest BCUT2D eigenvalue weighted by Crippen LogP contribution is -2.06. The van der Waals surface area contributed by atoms with Crippen molar-refractivity contribution < 1.29 is 4.39 Å². The predicted molar refractivity (Wildman–Crippen MR) is 62.5 cm³/mol. The molecule has 2 aromatic rings. The van der Waals surface area contributed by atoms with Gasteiger partial charge in [0, 0.05) is 12.1 Å². The van der Waals surface area contributed by atoms with E-state index in [1.54, 1.807) is 11.3 Å². The predicted octanol–water partition coefficient (Wildman–Crippen LogP) is 3.27. The Morgan fingerprint density at radius 2 is 2.13 bits per heavy atom. The zero-order chi connectivity index (χ0) is 10.7. The summed E-state index contributed by atoms with van der Waals surface area (Å²) in [5, 5.41) is 7.05. The van der Waals surface area contributed by atoms with Crippen molar-refractivity contribution in [1.29, 1.82) is 0 Å². The zero-order valence-corrected chi connectivity index (χ0v) is 9.27. The van der Waals surface area contributed by atoms with Crippen molar-refractivity contribution in [2.75, 3.05) is 7.05 Å². The van der Waals surface area contributed by atoms with Crippen LogP contribution in [0.2, 0.25) is 0 Å². The maximum Gasteiger partial charge on any atom is 0.127 e. The van der Waals surface area contributed by atoms with Gasteiger partial charge in [0.05, 0.1) is 0 Å². The van der Waals surface area contributed by atoms with Gasteiger partial charge in [-0.15, -0.1) is 0 Å². The van der Waals surface area contributed by atoms with Crippen LogP contribution in [0.5, 0.6) is 0 Å². The van der Waals surface area contributed by atoms with Crippen LogP contribution in [-0.2, 0) is 6.54 Å². The molecule has 0 bridgehead atoms. The Morgan fingerprint density at radius 3 is 2.80 bits per heavy atom. The Balaban J connectivity index is 2.38. The third-order valence-electron chi connectivity index (χ3n) is 2.27. The van der Waals surface area contributed by atoms with E-state index < -0.39 is 0 Å². The molecule has 0 spiro atoms. The molecule has 1 aromatic carbocycles. The zero-order valence-electron chi connectivity index (χ0n) is 8.46. The summed E-state index contributed by atoms with van der Waals surface area (Å²) in [6.45, 7) is 0.559. The van der Waals surface area contributed by atoms with Crippen molar-refractivity contribution in [3.63, 3.8) is 0 Å². The Labute approximate surface area is 92.6 Å². The first-order valence-electron chi connectivity index (χ1n) is 4.77. The quantitative estimate of drug-likeness (QED) is 0.838. The second kappa shape index (κ2) is 4.55. The van der Waals surface area contributed by atoms with Crippen molar-refractivity contribution in [3.05, 3.63) is 46.4 Å². The number of nitrogens with one attached hydrogen (secondary N) is 1. The molecule has 0 aliphatic heterocycles. The summed E-state index contributed by atoms with van der Waals surface area (Å²) >= 11 is 1.65. The van der Waals surface area contributed by atoms with Crippen LogP contribution in [0.15, 0.2) is 35.0 Å². The van der Waals surface area contributed by atoms with E-state index >= 15 is 0 Å². The molecular weight excluding hydrogens is 209 g/mol. The lowest BCUT2D eigenvalue weighted by Gasteiger charge is -2.05. The van der Waals surface area contributed by atoms with E-state index in [1.807, 2.05) is 30.6 Å². The second-order valence-corrected chi connectivity index (χ2v) is 4.13. The van der Waals surface area contributed by atoms with Crippen molar-refractivity contribution in [1.82, 2.24) is 5.32 Å². The molecule has 78 valence electrons. The van der Waals surface area contributed by atoms with Gasteiger partial charge in [0.15, 0.2) is 0 Å². The molecule has 1 aromatic heterocycles. The van der Waals surface area contributed by atoms with Gasteiger partial charge < -0.3 is 5.32 Å². The second-order valence-electron chi connectivity index (χ2n) is 3.35. The normalized spacial score (nSPS) is 10.5. The number of hydrogen-bond acceptors (Lipinski definition) is 2. The summed E-state index contributed by atoms with van der Waals surface area (Å²) in [6.07, 6.45) is 0. The first-order valence-corrected chi connectivity index (χ1v) is 5.71. The summed E-state index contributed by atoms with van der Waals surface area (Å²) in [4.78, 5) is 0. The summed E-state index contributed by atoms with van der Waals surface area (Å²) in [7, 11) is 1.82. The van der Waals surface area contributed by atoms with Gasteiger partial charge in [0.25, 0.3) is 0 Å². The van der Waals surface area contributed by atoms with Gasteiger partial charge in [0.1, 0.15) is 5.82 Å². The number of hydrogen-bond donors (Lipinski definition) is 1.